The third-order valence-electron chi connectivity index (χ3n) is 15.0. The monoisotopic (exact) mass is 1220 g/mol. The Morgan fingerprint density at radius 3 is 1.59 bits per heavy atom. The summed E-state index contributed by atoms with van der Waals surface area (Å²) in [5.74, 6) is -1.85. The lowest BCUT2D eigenvalue weighted by Gasteiger charge is -2.32. The van der Waals surface area contributed by atoms with Gasteiger partial charge < -0.3 is 59.4 Å². The first kappa shape index (κ1) is 65.0. The molecule has 0 bridgehead atoms. The van der Waals surface area contributed by atoms with E-state index in [1.54, 1.807) is 27.7 Å². The first-order valence-corrected chi connectivity index (χ1v) is 30.2. The number of carboxylic acid groups (broad SMARTS) is 1. The lowest BCUT2D eigenvalue weighted by atomic mass is 9.81. The maximum Gasteiger partial charge on any atom is 0.410 e. The second kappa shape index (κ2) is 30.0. The standard InChI is InChI=1S/2C30H37N5O7S/c1-5-6-13-21(25(36)26(37)31-19(2)20-11-8-7-9-12-20)32-28(38)41-23-16-35(18-30(23,3)4)29(39)40-17-24-33-27(42-34-24)22-14-10-15-43-22;1-5-6-13-20(25(36)26(37)31-18(2)19-11-8-7-9-12-19)32-28(38)41-23-17-35(29(39)40)22(30(23,3)4)16-24-33-27(42-34-24)21-14-10-15-43-21/h7-12,14-15,19,21,23H,5-6,13,16-18H2,1-4H3,(H,31,37)(H,32,38);7-12,14-15,18,20,22-23H,5-6,13,16-17H2,1-4H3,(H,31,37)(H,32,38)(H,39,40)/t19-,21+,23-;18-,20+,22?,23-/m11/s1. The highest BCUT2D eigenvalue weighted by atomic mass is 32.1. The van der Waals surface area contributed by atoms with Crippen molar-refractivity contribution in [3.05, 3.63) is 118 Å². The van der Waals surface area contributed by atoms with E-state index < -0.39 is 95.0 Å². The topological polar surface area (TPSA) is 317 Å². The van der Waals surface area contributed by atoms with Crippen LogP contribution in [-0.2, 0) is 46.4 Å². The zero-order valence-corrected chi connectivity index (χ0v) is 50.9. The number of amides is 6. The van der Waals surface area contributed by atoms with E-state index in [1.165, 1.54) is 32.5 Å². The number of alkyl carbamates (subject to hydrolysis) is 2. The van der Waals surface area contributed by atoms with Gasteiger partial charge >= 0.3 is 24.4 Å². The largest absolute Gasteiger partial charge is 0.465 e. The Morgan fingerprint density at radius 2 is 1.13 bits per heavy atom. The lowest BCUT2D eigenvalue weighted by molar-refractivity contribution is -0.139. The number of hydrogen-bond donors (Lipinski definition) is 5. The van der Waals surface area contributed by atoms with Gasteiger partial charge in [0.15, 0.2) is 12.4 Å². The van der Waals surface area contributed by atoms with Crippen molar-refractivity contribution >= 4 is 70.4 Å². The Bertz CT molecular complexity index is 3230. The molecule has 6 heterocycles. The van der Waals surface area contributed by atoms with Crippen LogP contribution in [0.3, 0.4) is 0 Å². The Kier molecular flexibility index (Phi) is 22.7. The van der Waals surface area contributed by atoms with Crippen LogP contribution in [-0.4, -0.2) is 133 Å². The molecule has 6 amide bonds. The predicted molar refractivity (Wildman–Crippen MR) is 316 cm³/mol. The Labute approximate surface area is 506 Å². The molecule has 8 rings (SSSR count). The van der Waals surface area contributed by atoms with Crippen LogP contribution in [0.4, 0.5) is 19.2 Å². The Balaban J connectivity index is 0.000000246. The molecule has 1 unspecified atom stereocenters. The summed E-state index contributed by atoms with van der Waals surface area (Å²) in [7, 11) is 0. The summed E-state index contributed by atoms with van der Waals surface area (Å²) in [4.78, 5) is 116. The second-order valence-electron chi connectivity index (χ2n) is 22.3. The number of nitrogens with one attached hydrogen (secondary N) is 4. The van der Waals surface area contributed by atoms with E-state index in [4.69, 9.17) is 23.3 Å². The number of aromatic nitrogens is 4. The fraction of sp³-hybridized carbons (Fsp3) is 0.467. The first-order valence-electron chi connectivity index (χ1n) is 28.5. The maximum atomic E-state index is 13.1. The van der Waals surface area contributed by atoms with Crippen molar-refractivity contribution in [1.82, 2.24) is 51.3 Å². The summed E-state index contributed by atoms with van der Waals surface area (Å²) in [5.41, 5.74) is 0.254. The van der Waals surface area contributed by atoms with E-state index in [9.17, 15) is 43.5 Å². The fourth-order valence-corrected chi connectivity index (χ4v) is 11.2. The highest BCUT2D eigenvalue weighted by molar-refractivity contribution is 7.13. The first-order chi connectivity index (χ1) is 41.1. The molecule has 460 valence electrons. The Morgan fingerprint density at radius 1 is 0.651 bits per heavy atom. The van der Waals surface area contributed by atoms with Gasteiger partial charge in [-0.2, -0.15) is 9.97 Å². The number of ketones is 2. The molecule has 0 saturated carbocycles. The third kappa shape index (κ3) is 17.3. The van der Waals surface area contributed by atoms with Gasteiger partial charge in [-0.1, -0.05) is 150 Å². The fourth-order valence-electron chi connectivity index (χ4n) is 9.88. The summed E-state index contributed by atoms with van der Waals surface area (Å²) in [6, 6.07) is 22.4. The van der Waals surface area contributed by atoms with Crippen LogP contribution < -0.4 is 21.3 Å². The predicted octanol–water partition coefficient (Wildman–Crippen LogP) is 9.71. The molecule has 7 atom stereocenters. The number of benzene rings is 2. The van der Waals surface area contributed by atoms with Crippen LogP contribution >= 0.6 is 22.7 Å². The smallest absolute Gasteiger partial charge is 0.410 e. The number of unbranched alkanes of at least 4 members (excludes halogenated alkanes) is 2. The zero-order chi connectivity index (χ0) is 62.1. The molecule has 6 aromatic rings. The van der Waals surface area contributed by atoms with Crippen molar-refractivity contribution < 1.29 is 66.7 Å². The summed E-state index contributed by atoms with van der Waals surface area (Å²) in [6.45, 7) is 14.9. The second-order valence-corrected chi connectivity index (χ2v) is 24.2. The molecule has 0 aliphatic carbocycles. The van der Waals surface area contributed by atoms with Crippen molar-refractivity contribution in [2.24, 2.45) is 10.8 Å². The number of carbonyl (C=O) groups excluding carboxylic acids is 7. The summed E-state index contributed by atoms with van der Waals surface area (Å²) < 4.78 is 27.4. The number of nitrogens with zero attached hydrogens (tertiary/aromatic N) is 6. The molecule has 2 aromatic carbocycles. The van der Waals surface area contributed by atoms with Gasteiger partial charge in [0.05, 0.1) is 41.0 Å². The van der Waals surface area contributed by atoms with Crippen LogP contribution in [0.1, 0.15) is 129 Å². The highest BCUT2D eigenvalue weighted by Crippen LogP contribution is 2.40. The Hall–Kier alpha value is -8.52. The van der Waals surface area contributed by atoms with Crippen molar-refractivity contribution in [1.29, 1.82) is 0 Å². The minimum Gasteiger partial charge on any atom is -0.465 e. The van der Waals surface area contributed by atoms with Crippen molar-refractivity contribution in [3.8, 4) is 21.5 Å². The molecule has 4 aromatic heterocycles. The van der Waals surface area contributed by atoms with E-state index in [0.29, 0.717) is 30.4 Å². The minimum absolute atomic E-state index is 0.0846. The lowest BCUT2D eigenvalue weighted by Crippen LogP contribution is -2.49. The number of hydrogen-bond acceptors (Lipinski definition) is 19. The molecule has 24 nitrogen and oxygen atoms in total. The average Bonchev–Trinajstić information content (AvgIpc) is 1.77. The molecular weight excluding hydrogens is 1150 g/mol. The van der Waals surface area contributed by atoms with Gasteiger partial charge in [0, 0.05) is 23.8 Å². The minimum atomic E-state index is -1.17. The summed E-state index contributed by atoms with van der Waals surface area (Å²) in [6.07, 6.45) is -1.61. The van der Waals surface area contributed by atoms with Crippen LogP contribution in [0.5, 0.6) is 0 Å². The van der Waals surface area contributed by atoms with E-state index in [1.807, 2.05) is 123 Å². The van der Waals surface area contributed by atoms with E-state index in [0.717, 1.165) is 33.7 Å². The number of thiophene rings is 2. The quantitative estimate of drug-likeness (QED) is 0.0278. The normalized spacial score (nSPS) is 18.0. The highest BCUT2D eigenvalue weighted by Gasteiger charge is 2.53. The molecule has 2 aliphatic rings. The SMILES string of the molecule is CCCC[C@H](NC(=O)O[C@@H]1CN(C(=O)O)C(Cc2noc(-c3cccs3)n2)C1(C)C)C(=O)C(=O)N[C@H](C)c1ccccc1.CCCC[C@H](NC(=O)O[C@@H]1CN(C(=O)OCc2noc(-c3cccs3)n2)CC1(C)C)C(=O)C(=O)N[C@H](C)c1ccccc1. The van der Waals surface area contributed by atoms with E-state index in [2.05, 4.69) is 41.5 Å². The van der Waals surface area contributed by atoms with Gasteiger partial charge in [-0.05, 0) is 60.7 Å². The summed E-state index contributed by atoms with van der Waals surface area (Å²) >= 11 is 2.90. The van der Waals surface area contributed by atoms with Gasteiger partial charge in [-0.3, -0.25) is 19.2 Å². The van der Waals surface area contributed by atoms with Crippen molar-refractivity contribution in [3.63, 3.8) is 0 Å². The maximum absolute atomic E-state index is 13.1. The molecule has 2 aliphatic heterocycles. The molecular formula is C60H74N10O14S2. The van der Waals surface area contributed by atoms with Crippen molar-refractivity contribution in [2.45, 2.75) is 149 Å². The van der Waals surface area contributed by atoms with Gasteiger partial charge in [-0.25, -0.2) is 19.2 Å². The molecule has 86 heavy (non-hydrogen) atoms. The third-order valence-corrected chi connectivity index (χ3v) is 16.8. The van der Waals surface area contributed by atoms with Gasteiger partial charge in [0.25, 0.3) is 23.6 Å². The van der Waals surface area contributed by atoms with Gasteiger partial charge in [0.2, 0.25) is 17.4 Å². The van der Waals surface area contributed by atoms with Crippen molar-refractivity contribution in [2.75, 3.05) is 19.6 Å². The zero-order valence-electron chi connectivity index (χ0n) is 49.3. The molecule has 0 spiro atoms. The van der Waals surface area contributed by atoms with Crippen LogP contribution in [0.15, 0.2) is 105 Å². The number of Topliss-reactive ketones (excluding diaryl/α,β-unsaturated/α-hetero) is 2. The van der Waals surface area contributed by atoms with E-state index >= 15 is 0 Å². The molecule has 5 N–H and O–H groups in total. The van der Waals surface area contributed by atoms with E-state index in [-0.39, 0.29) is 57.4 Å². The molecule has 2 fully saturated rings. The van der Waals surface area contributed by atoms with Gasteiger partial charge in [-0.15, -0.1) is 22.7 Å². The van der Waals surface area contributed by atoms with Crippen LogP contribution in [0, 0.1) is 10.8 Å². The van der Waals surface area contributed by atoms with Gasteiger partial charge in [0.1, 0.15) is 24.3 Å². The molecule has 2 saturated heterocycles. The number of rotatable bonds is 24. The average molecular weight is 1220 g/mol. The molecule has 26 heteroatoms. The van der Waals surface area contributed by atoms with Crippen LogP contribution in [0.2, 0.25) is 0 Å². The summed E-state index contributed by atoms with van der Waals surface area (Å²) in [5, 5.41) is 32.2. The number of carbonyl (C=O) groups is 8. The number of ether oxygens (including phenoxy) is 3. The molecule has 0 radical (unpaired) electrons. The van der Waals surface area contributed by atoms with Crippen LogP contribution in [0.25, 0.3) is 21.5 Å². The number of likely N-dealkylation sites (tertiary alicyclic amines) is 2.